The van der Waals surface area contributed by atoms with Crippen molar-refractivity contribution in [3.63, 3.8) is 0 Å². The predicted molar refractivity (Wildman–Crippen MR) is 86.0 cm³/mol. The lowest BCUT2D eigenvalue weighted by Gasteiger charge is -2.32. The largest absolute Gasteiger partial charge is 0.384 e. The van der Waals surface area contributed by atoms with Gasteiger partial charge in [-0.15, -0.1) is 0 Å². The van der Waals surface area contributed by atoms with Gasteiger partial charge in [0.15, 0.2) is 0 Å². The van der Waals surface area contributed by atoms with E-state index in [-0.39, 0.29) is 0 Å². The highest BCUT2D eigenvalue weighted by molar-refractivity contribution is 9.10. The molecule has 1 aliphatic rings. The van der Waals surface area contributed by atoms with Crippen LogP contribution in [0, 0.1) is 13.8 Å². The number of hydrogen-bond donors (Lipinski definition) is 1. The molecule has 1 N–H and O–H groups in total. The molecule has 1 aromatic carbocycles. The molecule has 0 unspecified atom stereocenters. The smallest absolute Gasteiger partial charge is 0.0346 e. The number of anilines is 1. The second-order valence-electron chi connectivity index (χ2n) is 5.50. The van der Waals surface area contributed by atoms with E-state index in [1.54, 1.807) is 0 Å². The Hall–Kier alpha value is -0.580. The van der Waals surface area contributed by atoms with Crippen LogP contribution < -0.4 is 5.32 Å². The molecule has 2 rings (SSSR count). The molecular weight excluding hydrogens is 302 g/mol. The van der Waals surface area contributed by atoms with E-state index in [0.717, 1.165) is 13.1 Å². The lowest BCUT2D eigenvalue weighted by molar-refractivity contribution is 0.158. The summed E-state index contributed by atoms with van der Waals surface area (Å²) in [6.07, 6.45) is 0. The van der Waals surface area contributed by atoms with Crippen molar-refractivity contribution in [2.45, 2.75) is 13.8 Å². The number of nitrogens with zero attached hydrogens (tertiary/aromatic N) is 2. The van der Waals surface area contributed by atoms with Crippen LogP contribution in [-0.2, 0) is 0 Å². The second-order valence-corrected chi connectivity index (χ2v) is 6.29. The monoisotopic (exact) mass is 325 g/mol. The zero-order valence-electron chi connectivity index (χ0n) is 12.2. The summed E-state index contributed by atoms with van der Waals surface area (Å²) in [5, 5.41) is 3.54. The molecule has 0 bridgehead atoms. The summed E-state index contributed by atoms with van der Waals surface area (Å²) in [4.78, 5) is 4.93. The summed E-state index contributed by atoms with van der Waals surface area (Å²) in [6, 6.07) is 4.42. The number of likely N-dealkylation sites (N-methyl/N-ethyl adjacent to an activating group) is 1. The molecule has 0 saturated carbocycles. The van der Waals surface area contributed by atoms with E-state index >= 15 is 0 Å². The van der Waals surface area contributed by atoms with Crippen LogP contribution in [-0.4, -0.2) is 56.1 Å². The predicted octanol–water partition coefficient (Wildman–Crippen LogP) is 2.73. The van der Waals surface area contributed by atoms with E-state index < -0.39 is 0 Å². The molecule has 0 atom stereocenters. The molecule has 0 amide bonds. The van der Waals surface area contributed by atoms with Gasteiger partial charge in [-0.3, -0.25) is 4.90 Å². The van der Waals surface area contributed by atoms with Crippen molar-refractivity contribution in [1.82, 2.24) is 9.80 Å². The van der Waals surface area contributed by atoms with Gasteiger partial charge in [0.25, 0.3) is 0 Å². The first-order chi connectivity index (χ1) is 9.06. The van der Waals surface area contributed by atoms with Crippen molar-refractivity contribution in [1.29, 1.82) is 0 Å². The summed E-state index contributed by atoms with van der Waals surface area (Å²) >= 11 is 3.61. The van der Waals surface area contributed by atoms with E-state index in [1.165, 1.54) is 47.5 Å². The molecule has 3 nitrogen and oxygen atoms in total. The highest BCUT2D eigenvalue weighted by atomic mass is 79.9. The van der Waals surface area contributed by atoms with Crippen molar-refractivity contribution in [2.24, 2.45) is 0 Å². The first-order valence-electron chi connectivity index (χ1n) is 6.98. The summed E-state index contributed by atoms with van der Waals surface area (Å²) in [5.74, 6) is 0. The molecule has 1 fully saturated rings. The van der Waals surface area contributed by atoms with Crippen molar-refractivity contribution >= 4 is 21.6 Å². The van der Waals surface area contributed by atoms with Crippen molar-refractivity contribution in [3.05, 3.63) is 27.7 Å². The maximum atomic E-state index is 3.61. The maximum absolute atomic E-state index is 3.61. The Kier molecular flexibility index (Phi) is 5.25. The Morgan fingerprint density at radius 1 is 1.11 bits per heavy atom. The molecule has 1 aromatic rings. The molecule has 0 spiro atoms. The van der Waals surface area contributed by atoms with Gasteiger partial charge in [-0.25, -0.2) is 0 Å². The Balaban J connectivity index is 1.79. The molecule has 0 radical (unpaired) electrons. The van der Waals surface area contributed by atoms with Gasteiger partial charge in [0.1, 0.15) is 0 Å². The fourth-order valence-electron chi connectivity index (χ4n) is 2.48. The maximum Gasteiger partial charge on any atom is 0.0346 e. The molecule has 0 aliphatic carbocycles. The van der Waals surface area contributed by atoms with Crippen LogP contribution in [0.4, 0.5) is 5.69 Å². The molecule has 1 saturated heterocycles. The number of benzene rings is 1. The minimum absolute atomic E-state index is 1.02. The lowest BCUT2D eigenvalue weighted by atomic mass is 10.1. The molecular formula is C15H24BrN3. The van der Waals surface area contributed by atoms with Gasteiger partial charge >= 0.3 is 0 Å². The fraction of sp³-hybridized carbons (Fsp3) is 0.600. The Labute approximate surface area is 125 Å². The van der Waals surface area contributed by atoms with Gasteiger partial charge in [-0.1, -0.05) is 15.9 Å². The number of piperazine rings is 1. The number of nitrogens with one attached hydrogen (secondary N) is 1. The van der Waals surface area contributed by atoms with E-state index in [2.05, 4.69) is 64.1 Å². The van der Waals surface area contributed by atoms with Crippen LogP contribution in [0.2, 0.25) is 0 Å². The standard InChI is InChI=1S/C15H24BrN3/c1-12-10-14(11-13(2)15(12)16)17-4-5-19-8-6-18(3)7-9-19/h10-11,17H,4-9H2,1-3H3. The van der Waals surface area contributed by atoms with Crippen molar-refractivity contribution < 1.29 is 0 Å². The van der Waals surface area contributed by atoms with E-state index in [0.29, 0.717) is 0 Å². The van der Waals surface area contributed by atoms with Gasteiger partial charge in [-0.05, 0) is 44.2 Å². The third-order valence-corrected chi connectivity index (χ3v) is 5.04. The van der Waals surface area contributed by atoms with Crippen LogP contribution in [0.5, 0.6) is 0 Å². The van der Waals surface area contributed by atoms with Crippen molar-refractivity contribution in [2.75, 3.05) is 51.6 Å². The van der Waals surface area contributed by atoms with Crippen LogP contribution in [0.1, 0.15) is 11.1 Å². The normalized spacial score (nSPS) is 17.7. The van der Waals surface area contributed by atoms with Crippen LogP contribution >= 0.6 is 15.9 Å². The molecule has 4 heteroatoms. The van der Waals surface area contributed by atoms with E-state index in [1.807, 2.05) is 0 Å². The molecule has 19 heavy (non-hydrogen) atoms. The summed E-state index contributed by atoms with van der Waals surface area (Å²) in [5.41, 5.74) is 3.82. The molecule has 1 heterocycles. The van der Waals surface area contributed by atoms with E-state index in [9.17, 15) is 0 Å². The van der Waals surface area contributed by atoms with Gasteiger partial charge in [-0.2, -0.15) is 0 Å². The topological polar surface area (TPSA) is 18.5 Å². The second kappa shape index (κ2) is 6.73. The molecule has 106 valence electrons. The third kappa shape index (κ3) is 4.20. The Morgan fingerprint density at radius 2 is 1.68 bits per heavy atom. The SMILES string of the molecule is Cc1cc(NCCN2CCN(C)CC2)cc(C)c1Br. The molecule has 1 aliphatic heterocycles. The minimum atomic E-state index is 1.02. The van der Waals surface area contributed by atoms with Crippen LogP contribution in [0.25, 0.3) is 0 Å². The quantitative estimate of drug-likeness (QED) is 0.918. The van der Waals surface area contributed by atoms with Crippen molar-refractivity contribution in [3.8, 4) is 0 Å². The number of halogens is 1. The van der Waals surface area contributed by atoms with Gasteiger partial charge < -0.3 is 10.2 Å². The Bertz CT molecular complexity index is 402. The number of hydrogen-bond acceptors (Lipinski definition) is 3. The van der Waals surface area contributed by atoms with Crippen LogP contribution in [0.15, 0.2) is 16.6 Å². The minimum Gasteiger partial charge on any atom is -0.384 e. The van der Waals surface area contributed by atoms with Gasteiger partial charge in [0, 0.05) is 49.4 Å². The average Bonchev–Trinajstić information content (AvgIpc) is 2.38. The first kappa shape index (κ1) is 14.8. The number of rotatable bonds is 4. The van der Waals surface area contributed by atoms with E-state index in [4.69, 9.17) is 0 Å². The average molecular weight is 326 g/mol. The Morgan fingerprint density at radius 3 is 2.26 bits per heavy atom. The summed E-state index contributed by atoms with van der Waals surface area (Å²) in [7, 11) is 2.20. The van der Waals surface area contributed by atoms with Gasteiger partial charge in [0.05, 0.1) is 0 Å². The highest BCUT2D eigenvalue weighted by Crippen LogP contribution is 2.24. The fourth-order valence-corrected chi connectivity index (χ4v) is 2.71. The summed E-state index contributed by atoms with van der Waals surface area (Å²) < 4.78 is 1.22. The third-order valence-electron chi connectivity index (χ3n) is 3.79. The van der Waals surface area contributed by atoms with Crippen LogP contribution in [0.3, 0.4) is 0 Å². The van der Waals surface area contributed by atoms with Gasteiger partial charge in [0.2, 0.25) is 0 Å². The number of aryl methyl sites for hydroxylation is 2. The lowest BCUT2D eigenvalue weighted by Crippen LogP contribution is -2.45. The first-order valence-corrected chi connectivity index (χ1v) is 7.77. The summed E-state index contributed by atoms with van der Waals surface area (Å²) in [6.45, 7) is 11.2. The zero-order chi connectivity index (χ0) is 13.8. The highest BCUT2D eigenvalue weighted by Gasteiger charge is 2.12. The molecule has 0 aromatic heterocycles. The zero-order valence-corrected chi connectivity index (χ0v) is 13.8.